The van der Waals surface area contributed by atoms with Gasteiger partial charge in [0, 0.05) is 16.8 Å². The van der Waals surface area contributed by atoms with Gasteiger partial charge < -0.3 is 5.32 Å². The number of rotatable bonds is 1. The molecule has 56 valence electrons. The summed E-state index contributed by atoms with van der Waals surface area (Å²) >= 11 is 2.11. The van der Waals surface area contributed by atoms with Crippen LogP contribution >= 0.6 is 22.6 Å². The first-order valence-corrected chi connectivity index (χ1v) is 4.10. The van der Waals surface area contributed by atoms with Gasteiger partial charge in [0.05, 0.1) is 0 Å². The zero-order valence-corrected chi connectivity index (χ0v) is 8.08. The third-order valence-electron chi connectivity index (χ3n) is 1.25. The van der Waals surface area contributed by atoms with Gasteiger partial charge in [0.25, 0.3) is 0 Å². The normalized spacial score (nSPS) is 8.82. The minimum atomic E-state index is 0.607. The number of nitriles is 1. The van der Waals surface area contributed by atoms with Crippen LogP contribution in [0.5, 0.6) is 0 Å². The molecule has 0 bridgehead atoms. The summed E-state index contributed by atoms with van der Waals surface area (Å²) in [5.74, 6) is 0.638. The van der Waals surface area contributed by atoms with E-state index in [0.717, 1.165) is 3.57 Å². The number of aromatic nitrogens is 1. The van der Waals surface area contributed by atoms with Crippen LogP contribution in [-0.2, 0) is 0 Å². The number of nitrogens with one attached hydrogen (secondary N) is 1. The topological polar surface area (TPSA) is 48.7 Å². The summed E-state index contributed by atoms with van der Waals surface area (Å²) in [6, 6.07) is 3.89. The van der Waals surface area contributed by atoms with Gasteiger partial charge in [-0.25, -0.2) is 4.98 Å². The maximum atomic E-state index is 8.70. The van der Waals surface area contributed by atoms with Crippen molar-refractivity contribution in [1.29, 1.82) is 5.26 Å². The Bertz CT molecular complexity index is 303. The lowest BCUT2D eigenvalue weighted by Crippen LogP contribution is -1.97. The van der Waals surface area contributed by atoms with E-state index in [9.17, 15) is 0 Å². The van der Waals surface area contributed by atoms with Gasteiger partial charge in [-0.05, 0) is 28.7 Å². The summed E-state index contributed by atoms with van der Waals surface area (Å²) in [5, 5.41) is 11.5. The fraction of sp³-hybridized carbons (Fsp3) is 0.143. The van der Waals surface area contributed by atoms with Gasteiger partial charge in [-0.15, -0.1) is 0 Å². The Morgan fingerprint density at radius 3 is 2.91 bits per heavy atom. The van der Waals surface area contributed by atoms with E-state index in [0.29, 0.717) is 11.4 Å². The molecule has 0 atom stereocenters. The van der Waals surface area contributed by atoms with Crippen LogP contribution in [0.25, 0.3) is 0 Å². The maximum absolute atomic E-state index is 8.70. The van der Waals surface area contributed by atoms with Gasteiger partial charge in [-0.3, -0.25) is 0 Å². The van der Waals surface area contributed by atoms with Crippen molar-refractivity contribution in [2.45, 2.75) is 0 Å². The van der Waals surface area contributed by atoms with Crippen LogP contribution in [0, 0.1) is 14.9 Å². The highest BCUT2D eigenvalue weighted by Gasteiger charge is 2.03. The minimum Gasteiger partial charge on any atom is -0.372 e. The predicted molar refractivity (Wildman–Crippen MR) is 51.2 cm³/mol. The quantitative estimate of drug-likeness (QED) is 0.779. The molecule has 3 nitrogen and oxygen atoms in total. The number of pyridine rings is 1. The molecule has 0 aromatic carbocycles. The number of hydrogen-bond acceptors (Lipinski definition) is 3. The van der Waals surface area contributed by atoms with Crippen LogP contribution in [0.4, 0.5) is 5.82 Å². The molecular formula is C7H6IN3. The second-order valence-electron chi connectivity index (χ2n) is 1.88. The summed E-state index contributed by atoms with van der Waals surface area (Å²) in [7, 11) is 1.75. The molecule has 0 spiro atoms. The Kier molecular flexibility index (Phi) is 2.65. The monoisotopic (exact) mass is 259 g/mol. The van der Waals surface area contributed by atoms with Gasteiger partial charge >= 0.3 is 0 Å². The van der Waals surface area contributed by atoms with Crippen molar-refractivity contribution in [3.8, 4) is 6.07 Å². The molecule has 0 aliphatic carbocycles. The van der Waals surface area contributed by atoms with E-state index >= 15 is 0 Å². The molecule has 1 heterocycles. The lowest BCUT2D eigenvalue weighted by Gasteiger charge is -2.01. The van der Waals surface area contributed by atoms with E-state index in [1.165, 1.54) is 0 Å². The third-order valence-corrected chi connectivity index (χ3v) is 2.15. The lowest BCUT2D eigenvalue weighted by molar-refractivity contribution is 1.25. The molecule has 0 aliphatic heterocycles. The predicted octanol–water partition coefficient (Wildman–Crippen LogP) is 1.60. The lowest BCUT2D eigenvalue weighted by atomic mass is 10.3. The molecule has 4 heteroatoms. The first-order valence-electron chi connectivity index (χ1n) is 3.02. The van der Waals surface area contributed by atoms with Crippen LogP contribution in [0.1, 0.15) is 5.56 Å². The van der Waals surface area contributed by atoms with Crippen molar-refractivity contribution in [2.24, 2.45) is 0 Å². The second kappa shape index (κ2) is 3.53. The fourth-order valence-corrected chi connectivity index (χ4v) is 1.27. The molecule has 0 saturated heterocycles. The van der Waals surface area contributed by atoms with Crippen molar-refractivity contribution < 1.29 is 0 Å². The highest BCUT2D eigenvalue weighted by molar-refractivity contribution is 14.1. The van der Waals surface area contributed by atoms with Crippen LogP contribution in [0.3, 0.4) is 0 Å². The Hall–Kier alpha value is -0.830. The first kappa shape index (κ1) is 8.27. The van der Waals surface area contributed by atoms with E-state index in [-0.39, 0.29) is 0 Å². The van der Waals surface area contributed by atoms with E-state index in [4.69, 9.17) is 5.26 Å². The molecule has 1 aromatic rings. The summed E-state index contributed by atoms with van der Waals surface area (Å²) in [4.78, 5) is 3.99. The third kappa shape index (κ3) is 1.60. The Morgan fingerprint density at radius 1 is 1.73 bits per heavy atom. The summed E-state index contributed by atoms with van der Waals surface area (Å²) in [6.45, 7) is 0. The van der Waals surface area contributed by atoms with Crippen LogP contribution in [0.15, 0.2) is 12.3 Å². The van der Waals surface area contributed by atoms with E-state index in [2.05, 4.69) is 39.0 Å². The Balaban J connectivity index is 3.27. The van der Waals surface area contributed by atoms with Crippen molar-refractivity contribution in [3.63, 3.8) is 0 Å². The van der Waals surface area contributed by atoms with Gasteiger partial charge in [0.1, 0.15) is 17.5 Å². The number of nitrogens with zero attached hydrogens (tertiary/aromatic N) is 2. The SMILES string of the molecule is CNc1nccc(I)c1C#N. The molecule has 1 rings (SSSR count). The number of anilines is 1. The summed E-state index contributed by atoms with van der Waals surface area (Å²) in [5.41, 5.74) is 0.607. The van der Waals surface area contributed by atoms with E-state index in [1.54, 1.807) is 19.3 Å². The first-order chi connectivity index (χ1) is 5.29. The number of hydrogen-bond donors (Lipinski definition) is 1. The zero-order chi connectivity index (χ0) is 8.27. The largest absolute Gasteiger partial charge is 0.372 e. The second-order valence-corrected chi connectivity index (χ2v) is 3.04. The molecule has 1 aromatic heterocycles. The average Bonchev–Trinajstić information content (AvgIpc) is 2.04. The van der Waals surface area contributed by atoms with Gasteiger partial charge in [-0.1, -0.05) is 0 Å². The summed E-state index contributed by atoms with van der Waals surface area (Å²) in [6.07, 6.45) is 1.68. The zero-order valence-electron chi connectivity index (χ0n) is 5.93. The van der Waals surface area contributed by atoms with Crippen molar-refractivity contribution in [2.75, 3.05) is 12.4 Å². The molecule has 0 saturated carbocycles. The highest BCUT2D eigenvalue weighted by Crippen LogP contribution is 2.16. The van der Waals surface area contributed by atoms with Crippen LogP contribution < -0.4 is 5.32 Å². The number of halogens is 1. The van der Waals surface area contributed by atoms with Crippen molar-refractivity contribution in [1.82, 2.24) is 4.98 Å². The van der Waals surface area contributed by atoms with Crippen LogP contribution in [-0.4, -0.2) is 12.0 Å². The minimum absolute atomic E-state index is 0.607. The smallest absolute Gasteiger partial charge is 0.144 e. The molecule has 1 N–H and O–H groups in total. The average molecular weight is 259 g/mol. The van der Waals surface area contributed by atoms with Crippen molar-refractivity contribution in [3.05, 3.63) is 21.4 Å². The van der Waals surface area contributed by atoms with Gasteiger partial charge in [-0.2, -0.15) is 5.26 Å². The fourth-order valence-electron chi connectivity index (χ4n) is 0.734. The van der Waals surface area contributed by atoms with E-state index < -0.39 is 0 Å². The standard InChI is InChI=1S/C7H6IN3/c1-10-7-5(4-9)6(8)2-3-11-7/h2-3H,1H3,(H,10,11). The molecule has 0 unspecified atom stereocenters. The Morgan fingerprint density at radius 2 is 2.45 bits per heavy atom. The molecule has 0 amide bonds. The molecule has 11 heavy (non-hydrogen) atoms. The molecule has 0 aliphatic rings. The van der Waals surface area contributed by atoms with Crippen LogP contribution in [0.2, 0.25) is 0 Å². The Labute approximate surface area is 78.6 Å². The highest BCUT2D eigenvalue weighted by atomic mass is 127. The van der Waals surface area contributed by atoms with Crippen molar-refractivity contribution >= 4 is 28.4 Å². The van der Waals surface area contributed by atoms with E-state index in [1.807, 2.05) is 0 Å². The van der Waals surface area contributed by atoms with Gasteiger partial charge in [0.15, 0.2) is 0 Å². The molecule has 0 fully saturated rings. The molecular weight excluding hydrogens is 253 g/mol. The summed E-state index contributed by atoms with van der Waals surface area (Å²) < 4.78 is 0.921. The molecule has 0 radical (unpaired) electrons. The maximum Gasteiger partial charge on any atom is 0.144 e. The van der Waals surface area contributed by atoms with Gasteiger partial charge in [0.2, 0.25) is 0 Å².